The Labute approximate surface area is 121 Å². The third kappa shape index (κ3) is 3.83. The van der Waals surface area contributed by atoms with Crippen LogP contribution in [0, 0.1) is 11.8 Å². The number of carbonyl (C=O) groups is 1. The first kappa shape index (κ1) is 15.0. The van der Waals surface area contributed by atoms with E-state index in [4.69, 9.17) is 10.5 Å². The number of benzene rings is 1. The third-order valence-corrected chi connectivity index (χ3v) is 4.30. The maximum absolute atomic E-state index is 12.3. The molecule has 0 unspecified atom stereocenters. The molecule has 0 bridgehead atoms. The molecule has 1 aliphatic rings. The number of hydrogen-bond donors (Lipinski definition) is 0. The van der Waals surface area contributed by atoms with Gasteiger partial charge in [-0.2, -0.15) is 0 Å². The Bertz CT molecular complexity index is 418. The van der Waals surface area contributed by atoms with Gasteiger partial charge in [-0.1, -0.05) is 50.1 Å². The van der Waals surface area contributed by atoms with Crippen molar-refractivity contribution in [1.82, 2.24) is 5.73 Å². The molecule has 1 aromatic rings. The maximum atomic E-state index is 12.3. The molecule has 3 heteroatoms. The number of esters is 1. The van der Waals surface area contributed by atoms with Crippen molar-refractivity contribution in [2.75, 3.05) is 0 Å². The Hall–Kier alpha value is -1.35. The van der Waals surface area contributed by atoms with E-state index in [9.17, 15) is 4.79 Å². The summed E-state index contributed by atoms with van der Waals surface area (Å²) in [6, 6.07) is 9.66. The van der Waals surface area contributed by atoms with E-state index in [1.54, 1.807) is 0 Å². The van der Waals surface area contributed by atoms with E-state index in [0.717, 1.165) is 37.7 Å². The molecule has 1 aliphatic carbocycles. The van der Waals surface area contributed by atoms with Crippen molar-refractivity contribution in [3.05, 3.63) is 35.9 Å². The zero-order chi connectivity index (χ0) is 14.4. The highest BCUT2D eigenvalue weighted by molar-refractivity contribution is 5.72. The molecule has 3 atom stereocenters. The van der Waals surface area contributed by atoms with Crippen LogP contribution in [0.1, 0.15) is 44.6 Å². The first-order valence-electron chi connectivity index (χ1n) is 7.64. The van der Waals surface area contributed by atoms with Crippen molar-refractivity contribution in [2.45, 2.75) is 51.7 Å². The summed E-state index contributed by atoms with van der Waals surface area (Å²) in [6.45, 7) is 2.36. The molecule has 1 saturated carbocycles. The summed E-state index contributed by atoms with van der Waals surface area (Å²) in [5.41, 5.74) is 9.16. The van der Waals surface area contributed by atoms with Crippen LogP contribution < -0.4 is 5.73 Å². The predicted octanol–water partition coefficient (Wildman–Crippen LogP) is 3.60. The minimum atomic E-state index is -0.125. The van der Waals surface area contributed by atoms with Crippen molar-refractivity contribution in [2.24, 2.45) is 11.8 Å². The van der Waals surface area contributed by atoms with Gasteiger partial charge in [-0.15, -0.1) is 0 Å². The number of hydrogen-bond acceptors (Lipinski definition) is 2. The molecule has 0 spiro atoms. The van der Waals surface area contributed by atoms with E-state index in [-0.39, 0.29) is 23.8 Å². The van der Waals surface area contributed by atoms with Gasteiger partial charge < -0.3 is 4.74 Å². The van der Waals surface area contributed by atoms with Gasteiger partial charge in [0.05, 0.1) is 5.92 Å². The summed E-state index contributed by atoms with van der Waals surface area (Å²) in [5.74, 6) is -0.0564. The lowest BCUT2D eigenvalue weighted by molar-refractivity contribution is -0.153. The Morgan fingerprint density at radius 3 is 2.65 bits per heavy atom. The average Bonchev–Trinajstić information content (AvgIpc) is 2.49. The van der Waals surface area contributed by atoms with Crippen molar-refractivity contribution >= 4 is 5.97 Å². The molecule has 1 N–H and O–H groups in total. The molecule has 0 amide bonds. The van der Waals surface area contributed by atoms with E-state index in [2.05, 4.69) is 0 Å². The first-order valence-corrected chi connectivity index (χ1v) is 7.64. The fraction of sp³-hybridized carbons (Fsp3) is 0.588. The lowest BCUT2D eigenvalue weighted by Gasteiger charge is -2.32. The minimum Gasteiger partial charge on any atom is -0.461 e. The summed E-state index contributed by atoms with van der Waals surface area (Å²) in [5, 5.41) is 0. The quantitative estimate of drug-likeness (QED) is 0.770. The zero-order valence-corrected chi connectivity index (χ0v) is 12.2. The van der Waals surface area contributed by atoms with Crippen LogP contribution in [0.3, 0.4) is 0 Å². The van der Waals surface area contributed by atoms with E-state index in [1.165, 1.54) is 0 Å². The highest BCUT2D eigenvalue weighted by atomic mass is 16.5. The molecule has 1 fully saturated rings. The predicted molar refractivity (Wildman–Crippen MR) is 78.9 cm³/mol. The topological polar surface area (TPSA) is 50.1 Å². The second-order valence-corrected chi connectivity index (χ2v) is 5.66. The third-order valence-electron chi connectivity index (χ3n) is 4.30. The summed E-state index contributed by atoms with van der Waals surface area (Å²) < 4.78 is 5.46. The Balaban J connectivity index is 1.91. The molecule has 0 saturated heterocycles. The Morgan fingerprint density at radius 2 is 2.00 bits per heavy atom. The van der Waals surface area contributed by atoms with Gasteiger partial charge in [-0.25, -0.2) is 0 Å². The van der Waals surface area contributed by atoms with Gasteiger partial charge in [0, 0.05) is 6.04 Å². The van der Waals surface area contributed by atoms with Gasteiger partial charge in [0.2, 0.25) is 0 Å². The number of nitrogens with one attached hydrogen (secondary N) is 1. The summed E-state index contributed by atoms with van der Waals surface area (Å²) in [6.07, 6.45) is 4.95. The molecular weight excluding hydrogens is 250 g/mol. The molecular formula is C17H24NO2. The van der Waals surface area contributed by atoms with Gasteiger partial charge in [0.15, 0.2) is 0 Å². The van der Waals surface area contributed by atoms with Crippen molar-refractivity contribution < 1.29 is 9.53 Å². The lowest BCUT2D eigenvalue weighted by atomic mass is 9.76. The molecule has 0 aliphatic heterocycles. The minimum absolute atomic E-state index is 0.0991. The van der Waals surface area contributed by atoms with Crippen LogP contribution in [0.4, 0.5) is 0 Å². The summed E-state index contributed by atoms with van der Waals surface area (Å²) >= 11 is 0. The number of carbonyl (C=O) groups excluding carboxylic acids is 1. The van der Waals surface area contributed by atoms with Gasteiger partial charge >= 0.3 is 5.97 Å². The SMILES string of the molecule is CC[C@H](C(=O)OCc1ccccc1)[C@@H]1CCCC[C@@H]1[NH]. The van der Waals surface area contributed by atoms with Crippen LogP contribution in [-0.4, -0.2) is 12.0 Å². The van der Waals surface area contributed by atoms with Crippen LogP contribution in [0.15, 0.2) is 30.3 Å². The van der Waals surface area contributed by atoms with Crippen LogP contribution >= 0.6 is 0 Å². The second kappa shape index (κ2) is 7.44. The summed E-state index contributed by atoms with van der Waals surface area (Å²) in [7, 11) is 0. The second-order valence-electron chi connectivity index (χ2n) is 5.66. The van der Waals surface area contributed by atoms with E-state index in [1.807, 2.05) is 37.3 Å². The van der Waals surface area contributed by atoms with Crippen molar-refractivity contribution in [3.8, 4) is 0 Å². The fourth-order valence-corrected chi connectivity index (χ4v) is 3.12. The highest BCUT2D eigenvalue weighted by Gasteiger charge is 2.34. The molecule has 3 nitrogen and oxygen atoms in total. The number of ether oxygens (including phenoxy) is 1. The zero-order valence-electron chi connectivity index (χ0n) is 12.2. The van der Waals surface area contributed by atoms with Crippen LogP contribution in [0.2, 0.25) is 0 Å². The smallest absolute Gasteiger partial charge is 0.309 e. The highest BCUT2D eigenvalue weighted by Crippen LogP contribution is 2.32. The molecule has 0 aromatic heterocycles. The Morgan fingerprint density at radius 1 is 1.30 bits per heavy atom. The molecule has 2 rings (SSSR count). The van der Waals surface area contributed by atoms with Crippen LogP contribution in [0.5, 0.6) is 0 Å². The largest absolute Gasteiger partial charge is 0.461 e. The van der Waals surface area contributed by atoms with Crippen LogP contribution in [-0.2, 0) is 16.1 Å². The van der Waals surface area contributed by atoms with E-state index >= 15 is 0 Å². The lowest BCUT2D eigenvalue weighted by Crippen LogP contribution is -2.36. The van der Waals surface area contributed by atoms with Gasteiger partial charge in [-0.05, 0) is 30.7 Å². The molecule has 1 radical (unpaired) electrons. The Kier molecular flexibility index (Phi) is 5.60. The monoisotopic (exact) mass is 274 g/mol. The van der Waals surface area contributed by atoms with Gasteiger partial charge in [0.1, 0.15) is 6.61 Å². The fourth-order valence-electron chi connectivity index (χ4n) is 3.12. The van der Waals surface area contributed by atoms with Crippen molar-refractivity contribution in [1.29, 1.82) is 0 Å². The first-order chi connectivity index (χ1) is 9.72. The summed E-state index contributed by atoms with van der Waals surface area (Å²) in [4.78, 5) is 12.3. The number of rotatable bonds is 5. The average molecular weight is 274 g/mol. The van der Waals surface area contributed by atoms with Gasteiger partial charge in [0.25, 0.3) is 0 Å². The van der Waals surface area contributed by atoms with Gasteiger partial charge in [-0.3, -0.25) is 10.5 Å². The molecule has 20 heavy (non-hydrogen) atoms. The normalized spacial score (nSPS) is 24.1. The molecule has 109 valence electrons. The van der Waals surface area contributed by atoms with Crippen LogP contribution in [0.25, 0.3) is 0 Å². The van der Waals surface area contributed by atoms with Crippen molar-refractivity contribution in [3.63, 3.8) is 0 Å². The molecule has 1 aromatic carbocycles. The maximum Gasteiger partial charge on any atom is 0.309 e. The van der Waals surface area contributed by atoms with E-state index in [0.29, 0.717) is 6.61 Å². The van der Waals surface area contributed by atoms with E-state index < -0.39 is 0 Å². The molecule has 0 heterocycles. The standard InChI is InChI=1S/C17H24NO2/c1-2-14(15-10-6-7-11-16(15)18)17(19)20-12-13-8-4-3-5-9-13/h3-5,8-9,14-16,18H,2,6-7,10-12H2,1H3/t14-,15-,16-/m0/s1.